The Labute approximate surface area is 144 Å². The van der Waals surface area contributed by atoms with E-state index >= 15 is 0 Å². The molecule has 0 atom stereocenters. The number of nitrogens with zero attached hydrogens (tertiary/aromatic N) is 3. The van der Waals surface area contributed by atoms with E-state index in [0.29, 0.717) is 29.3 Å². The second kappa shape index (κ2) is 7.19. The number of nitrogens with two attached hydrogens (primary N) is 1. The van der Waals surface area contributed by atoms with Crippen LogP contribution in [0.5, 0.6) is 11.5 Å². The first-order valence-corrected chi connectivity index (χ1v) is 7.47. The molecule has 7 nitrogen and oxygen atoms in total. The summed E-state index contributed by atoms with van der Waals surface area (Å²) in [6.07, 6.45) is 5.29. The average Bonchev–Trinajstić information content (AvgIpc) is 3.08. The molecule has 0 unspecified atom stereocenters. The third-order valence-electron chi connectivity index (χ3n) is 3.42. The number of benzene rings is 2. The number of aromatic nitrogens is 2. The SMILES string of the molecule is N#Cc1ccc(Cn2ccnc2)cc1Oc1cccc(NC(N)=O)c1. The van der Waals surface area contributed by atoms with Gasteiger partial charge in [-0.15, -0.1) is 0 Å². The van der Waals surface area contributed by atoms with Crippen LogP contribution < -0.4 is 15.8 Å². The Bertz CT molecular complexity index is 929. The van der Waals surface area contributed by atoms with Crippen molar-refractivity contribution in [3.8, 4) is 17.6 Å². The summed E-state index contributed by atoms with van der Waals surface area (Å²) in [6.45, 7) is 0.616. The molecule has 0 fully saturated rings. The maximum absolute atomic E-state index is 11.0. The Morgan fingerprint density at radius 3 is 2.92 bits per heavy atom. The molecule has 3 rings (SSSR count). The van der Waals surface area contributed by atoms with E-state index in [1.807, 2.05) is 22.9 Å². The second-order valence-corrected chi connectivity index (χ2v) is 5.30. The first kappa shape index (κ1) is 16.1. The van der Waals surface area contributed by atoms with Crippen LogP contribution in [-0.2, 0) is 6.54 Å². The van der Waals surface area contributed by atoms with Gasteiger partial charge in [0.2, 0.25) is 0 Å². The molecule has 2 amide bonds. The van der Waals surface area contributed by atoms with Crippen molar-refractivity contribution in [3.05, 3.63) is 72.3 Å². The molecule has 0 radical (unpaired) electrons. The minimum atomic E-state index is -0.655. The van der Waals surface area contributed by atoms with Crippen LogP contribution in [0.15, 0.2) is 61.2 Å². The normalized spacial score (nSPS) is 10.0. The Hall–Kier alpha value is -3.79. The lowest BCUT2D eigenvalue weighted by molar-refractivity contribution is 0.259. The summed E-state index contributed by atoms with van der Waals surface area (Å²) in [5, 5.41) is 11.8. The molecule has 25 heavy (non-hydrogen) atoms. The zero-order valence-corrected chi connectivity index (χ0v) is 13.2. The fourth-order valence-electron chi connectivity index (χ4n) is 2.34. The highest BCUT2D eigenvalue weighted by Crippen LogP contribution is 2.28. The molecular weight excluding hydrogens is 318 g/mol. The molecule has 3 N–H and O–H groups in total. The average molecular weight is 333 g/mol. The van der Waals surface area contributed by atoms with Gasteiger partial charge in [-0.05, 0) is 29.8 Å². The first-order valence-electron chi connectivity index (χ1n) is 7.47. The van der Waals surface area contributed by atoms with Crippen LogP contribution in [-0.4, -0.2) is 15.6 Å². The zero-order valence-electron chi connectivity index (χ0n) is 13.2. The molecule has 1 heterocycles. The van der Waals surface area contributed by atoms with E-state index in [4.69, 9.17) is 10.5 Å². The highest BCUT2D eigenvalue weighted by molar-refractivity contribution is 5.87. The van der Waals surface area contributed by atoms with Gasteiger partial charge < -0.3 is 20.4 Å². The van der Waals surface area contributed by atoms with Gasteiger partial charge >= 0.3 is 6.03 Å². The molecule has 0 aliphatic heterocycles. The van der Waals surface area contributed by atoms with Crippen LogP contribution in [0.3, 0.4) is 0 Å². The van der Waals surface area contributed by atoms with Crippen LogP contribution in [0.2, 0.25) is 0 Å². The molecule has 1 aromatic heterocycles. The first-order chi connectivity index (χ1) is 12.1. The molecule has 0 aliphatic carbocycles. The summed E-state index contributed by atoms with van der Waals surface area (Å²) in [7, 11) is 0. The lowest BCUT2D eigenvalue weighted by atomic mass is 10.1. The number of nitrogens with one attached hydrogen (secondary N) is 1. The third-order valence-corrected chi connectivity index (χ3v) is 3.42. The molecule has 7 heteroatoms. The van der Waals surface area contributed by atoms with Gasteiger partial charge in [-0.2, -0.15) is 5.26 Å². The number of carbonyl (C=O) groups excluding carboxylic acids is 1. The largest absolute Gasteiger partial charge is 0.456 e. The molecule has 124 valence electrons. The fourth-order valence-corrected chi connectivity index (χ4v) is 2.34. The van der Waals surface area contributed by atoms with Crippen LogP contribution >= 0.6 is 0 Å². The quantitative estimate of drug-likeness (QED) is 0.748. The van der Waals surface area contributed by atoms with Gasteiger partial charge in [0, 0.05) is 30.7 Å². The van der Waals surface area contributed by atoms with Crippen molar-refractivity contribution in [2.24, 2.45) is 5.73 Å². The van der Waals surface area contributed by atoms with Crippen LogP contribution in [0.1, 0.15) is 11.1 Å². The number of anilines is 1. The van der Waals surface area contributed by atoms with E-state index in [1.54, 1.807) is 42.9 Å². The van der Waals surface area contributed by atoms with Gasteiger partial charge in [0.15, 0.2) is 0 Å². The molecule has 2 aromatic carbocycles. The van der Waals surface area contributed by atoms with Crippen molar-refractivity contribution in [3.63, 3.8) is 0 Å². The second-order valence-electron chi connectivity index (χ2n) is 5.30. The maximum atomic E-state index is 11.0. The van der Waals surface area contributed by atoms with E-state index in [1.165, 1.54) is 0 Å². The number of rotatable bonds is 5. The Balaban J connectivity index is 1.85. The van der Waals surface area contributed by atoms with E-state index in [9.17, 15) is 10.1 Å². The Kier molecular flexibility index (Phi) is 4.62. The van der Waals surface area contributed by atoms with Gasteiger partial charge in [-0.3, -0.25) is 0 Å². The maximum Gasteiger partial charge on any atom is 0.316 e. The molecule has 3 aromatic rings. The van der Waals surface area contributed by atoms with Gasteiger partial charge in [-0.1, -0.05) is 12.1 Å². The number of hydrogen-bond donors (Lipinski definition) is 2. The zero-order chi connectivity index (χ0) is 17.6. The van der Waals surface area contributed by atoms with Gasteiger partial charge in [0.05, 0.1) is 11.9 Å². The summed E-state index contributed by atoms with van der Waals surface area (Å²) in [5.41, 5.74) is 7.02. The van der Waals surface area contributed by atoms with Crippen molar-refractivity contribution >= 4 is 11.7 Å². The van der Waals surface area contributed by atoms with E-state index in [0.717, 1.165) is 5.56 Å². The third kappa shape index (κ3) is 4.14. The number of primary amides is 1. The number of urea groups is 1. The summed E-state index contributed by atoms with van der Waals surface area (Å²) in [4.78, 5) is 15.0. The molecule has 0 saturated carbocycles. The van der Waals surface area contributed by atoms with Crippen molar-refractivity contribution in [2.75, 3.05) is 5.32 Å². The molecule has 0 aliphatic rings. The molecule has 0 bridgehead atoms. The fraction of sp³-hybridized carbons (Fsp3) is 0.0556. The Morgan fingerprint density at radius 1 is 1.32 bits per heavy atom. The van der Waals surface area contributed by atoms with Gasteiger partial charge in [-0.25, -0.2) is 9.78 Å². The summed E-state index contributed by atoms with van der Waals surface area (Å²) >= 11 is 0. The summed E-state index contributed by atoms with van der Waals surface area (Å²) in [6, 6.07) is 13.6. The van der Waals surface area contributed by atoms with Crippen molar-refractivity contribution in [2.45, 2.75) is 6.54 Å². The summed E-state index contributed by atoms with van der Waals surface area (Å²) < 4.78 is 7.76. The van der Waals surface area contributed by atoms with Crippen molar-refractivity contribution in [1.29, 1.82) is 5.26 Å². The van der Waals surface area contributed by atoms with E-state index in [-0.39, 0.29) is 0 Å². The highest BCUT2D eigenvalue weighted by Gasteiger charge is 2.08. The highest BCUT2D eigenvalue weighted by atomic mass is 16.5. The number of carbonyl (C=O) groups is 1. The number of imidazole rings is 1. The lowest BCUT2D eigenvalue weighted by Gasteiger charge is -2.11. The van der Waals surface area contributed by atoms with Gasteiger partial charge in [0.25, 0.3) is 0 Å². The topological polar surface area (TPSA) is 106 Å². The predicted octanol–water partition coefficient (Wildman–Crippen LogP) is 3.09. The summed E-state index contributed by atoms with van der Waals surface area (Å²) in [5.74, 6) is 0.930. The van der Waals surface area contributed by atoms with Crippen molar-refractivity contribution < 1.29 is 9.53 Å². The standard InChI is InChI=1S/C18H15N5O2/c19-10-14-5-4-13(11-23-7-6-21-12-23)8-17(14)25-16-3-1-2-15(9-16)22-18(20)24/h1-9,12H,11H2,(H3,20,22,24). The molecule has 0 saturated heterocycles. The van der Waals surface area contributed by atoms with Crippen LogP contribution in [0, 0.1) is 11.3 Å². The van der Waals surface area contributed by atoms with E-state index < -0.39 is 6.03 Å². The number of ether oxygens (including phenoxy) is 1. The molecular formula is C18H15N5O2. The number of hydrogen-bond acceptors (Lipinski definition) is 4. The van der Waals surface area contributed by atoms with Crippen LogP contribution in [0.25, 0.3) is 0 Å². The van der Waals surface area contributed by atoms with Crippen molar-refractivity contribution in [1.82, 2.24) is 9.55 Å². The number of amides is 2. The Morgan fingerprint density at radius 2 is 2.20 bits per heavy atom. The van der Waals surface area contributed by atoms with Gasteiger partial charge in [0.1, 0.15) is 17.6 Å². The minimum absolute atomic E-state index is 0.419. The number of nitriles is 1. The lowest BCUT2D eigenvalue weighted by Crippen LogP contribution is -2.19. The smallest absolute Gasteiger partial charge is 0.316 e. The predicted molar refractivity (Wildman–Crippen MR) is 92.2 cm³/mol. The monoisotopic (exact) mass is 333 g/mol. The minimum Gasteiger partial charge on any atom is -0.456 e. The van der Waals surface area contributed by atoms with Crippen LogP contribution in [0.4, 0.5) is 10.5 Å². The molecule has 0 spiro atoms. The van der Waals surface area contributed by atoms with E-state index in [2.05, 4.69) is 16.4 Å².